The van der Waals surface area contributed by atoms with Gasteiger partial charge in [-0.2, -0.15) is 0 Å². The third kappa shape index (κ3) is 8.04. The van der Waals surface area contributed by atoms with Crippen LogP contribution in [0.3, 0.4) is 0 Å². The first-order chi connectivity index (χ1) is 16.4. The second kappa shape index (κ2) is 12.6. The number of ether oxygens (including phenoxy) is 1. The summed E-state index contributed by atoms with van der Waals surface area (Å²) in [5, 5.41) is 14.8. The van der Waals surface area contributed by atoms with Crippen LogP contribution in [0.5, 0.6) is 0 Å². The minimum absolute atomic E-state index is 0.0486. The van der Waals surface area contributed by atoms with Gasteiger partial charge in [-0.05, 0) is 28.8 Å². The predicted molar refractivity (Wildman–Crippen MR) is 131 cm³/mol. The molecule has 176 valence electrons. The number of aliphatic carboxylic acids is 1. The average Bonchev–Trinajstić information content (AvgIpc) is 2.83. The first-order valence-corrected chi connectivity index (χ1v) is 11.5. The summed E-state index contributed by atoms with van der Waals surface area (Å²) in [6.45, 7) is 0.0486. The van der Waals surface area contributed by atoms with Crippen molar-refractivity contribution in [2.24, 2.45) is 0 Å². The van der Waals surface area contributed by atoms with Gasteiger partial charge < -0.3 is 20.5 Å². The largest absolute Gasteiger partial charge is 0.480 e. The molecule has 2 atom stereocenters. The van der Waals surface area contributed by atoms with Gasteiger partial charge in [0.1, 0.15) is 18.7 Å². The summed E-state index contributed by atoms with van der Waals surface area (Å²) in [6, 6.07) is 23.3. The second-order valence-corrected chi connectivity index (χ2v) is 8.60. The van der Waals surface area contributed by atoms with E-state index in [2.05, 4.69) is 26.6 Å². The van der Waals surface area contributed by atoms with Crippen LogP contribution in [0.4, 0.5) is 4.79 Å². The van der Waals surface area contributed by atoms with Crippen molar-refractivity contribution in [3.05, 3.63) is 106 Å². The molecule has 0 fully saturated rings. The van der Waals surface area contributed by atoms with Crippen molar-refractivity contribution in [3.63, 3.8) is 0 Å². The predicted octanol–water partition coefficient (Wildman–Crippen LogP) is 4.10. The molecular formula is C26H25BrN2O5. The number of rotatable bonds is 10. The number of carboxylic acid groups (broad SMARTS) is 1. The molecule has 0 aliphatic rings. The molecule has 3 N–H and O–H groups in total. The summed E-state index contributed by atoms with van der Waals surface area (Å²) in [4.78, 5) is 37.4. The molecule has 0 saturated heterocycles. The van der Waals surface area contributed by atoms with Gasteiger partial charge in [-0.25, -0.2) is 9.59 Å². The van der Waals surface area contributed by atoms with Gasteiger partial charge in [0, 0.05) is 17.3 Å². The number of hydrogen-bond donors (Lipinski definition) is 3. The molecule has 0 aromatic heterocycles. The molecule has 0 spiro atoms. The van der Waals surface area contributed by atoms with Crippen LogP contribution in [0, 0.1) is 0 Å². The summed E-state index contributed by atoms with van der Waals surface area (Å²) < 4.78 is 6.07. The van der Waals surface area contributed by atoms with E-state index in [9.17, 15) is 19.5 Å². The Hall–Kier alpha value is -3.65. The van der Waals surface area contributed by atoms with E-state index in [0.29, 0.717) is 0 Å². The molecule has 0 aliphatic heterocycles. The maximum Gasteiger partial charge on any atom is 0.408 e. The van der Waals surface area contributed by atoms with Gasteiger partial charge in [-0.15, -0.1) is 0 Å². The molecule has 0 heterocycles. The van der Waals surface area contributed by atoms with Crippen molar-refractivity contribution in [1.29, 1.82) is 0 Å². The van der Waals surface area contributed by atoms with Gasteiger partial charge in [0.15, 0.2) is 0 Å². The minimum Gasteiger partial charge on any atom is -0.480 e. The van der Waals surface area contributed by atoms with E-state index in [1.165, 1.54) is 0 Å². The maximum atomic E-state index is 13.1. The Morgan fingerprint density at radius 3 is 1.97 bits per heavy atom. The molecule has 8 heteroatoms. The van der Waals surface area contributed by atoms with Crippen molar-refractivity contribution in [2.45, 2.75) is 31.5 Å². The molecule has 3 aromatic carbocycles. The van der Waals surface area contributed by atoms with Gasteiger partial charge in [-0.1, -0.05) is 88.7 Å². The van der Waals surface area contributed by atoms with E-state index in [-0.39, 0.29) is 19.4 Å². The van der Waals surface area contributed by atoms with Crippen molar-refractivity contribution in [3.8, 4) is 0 Å². The number of nitrogens with one attached hydrogen (secondary N) is 2. The number of alkyl carbamates (subject to hydrolysis) is 1. The maximum absolute atomic E-state index is 13.1. The van der Waals surface area contributed by atoms with Crippen LogP contribution in [0.1, 0.15) is 16.7 Å². The summed E-state index contributed by atoms with van der Waals surface area (Å²) in [5.41, 5.74) is 2.36. The Labute approximate surface area is 206 Å². The number of hydrogen-bond acceptors (Lipinski definition) is 4. The lowest BCUT2D eigenvalue weighted by molar-refractivity contribution is -0.142. The molecule has 0 saturated carbocycles. The van der Waals surface area contributed by atoms with Crippen LogP contribution in [-0.4, -0.2) is 35.2 Å². The van der Waals surface area contributed by atoms with Crippen LogP contribution >= 0.6 is 15.9 Å². The molecule has 2 amide bonds. The highest BCUT2D eigenvalue weighted by molar-refractivity contribution is 9.10. The van der Waals surface area contributed by atoms with E-state index in [1.54, 1.807) is 18.2 Å². The third-order valence-electron chi connectivity index (χ3n) is 5.05. The SMILES string of the molecule is O=C(N[C@@H](Cc1ccccc1)C(=O)N[C@H](Cc1cccc(Br)c1)C(=O)O)OCc1ccccc1. The van der Waals surface area contributed by atoms with Gasteiger partial charge in [0.2, 0.25) is 5.91 Å². The van der Waals surface area contributed by atoms with Crippen LogP contribution < -0.4 is 10.6 Å². The van der Waals surface area contributed by atoms with Gasteiger partial charge in [0.25, 0.3) is 0 Å². The van der Waals surface area contributed by atoms with Crippen molar-refractivity contribution in [1.82, 2.24) is 10.6 Å². The Morgan fingerprint density at radius 2 is 1.35 bits per heavy atom. The van der Waals surface area contributed by atoms with E-state index in [1.807, 2.05) is 66.7 Å². The average molecular weight is 525 g/mol. The molecule has 0 bridgehead atoms. The second-order valence-electron chi connectivity index (χ2n) is 7.68. The summed E-state index contributed by atoms with van der Waals surface area (Å²) in [6.07, 6.45) is -0.494. The third-order valence-corrected chi connectivity index (χ3v) is 5.54. The number of carboxylic acids is 1. The molecule has 0 unspecified atom stereocenters. The zero-order chi connectivity index (χ0) is 24.3. The van der Waals surface area contributed by atoms with Crippen LogP contribution in [0.25, 0.3) is 0 Å². The van der Waals surface area contributed by atoms with Crippen LogP contribution in [0.15, 0.2) is 89.4 Å². The van der Waals surface area contributed by atoms with Gasteiger partial charge in [0.05, 0.1) is 0 Å². The fourth-order valence-electron chi connectivity index (χ4n) is 3.34. The first-order valence-electron chi connectivity index (χ1n) is 10.7. The number of halogens is 1. The monoisotopic (exact) mass is 524 g/mol. The summed E-state index contributed by atoms with van der Waals surface area (Å²) in [7, 11) is 0. The lowest BCUT2D eigenvalue weighted by Gasteiger charge is -2.21. The Morgan fingerprint density at radius 1 is 0.765 bits per heavy atom. The summed E-state index contributed by atoms with van der Waals surface area (Å²) in [5.74, 6) is -1.78. The number of carbonyl (C=O) groups excluding carboxylic acids is 2. The number of amides is 2. The highest BCUT2D eigenvalue weighted by Gasteiger charge is 2.27. The fourth-order valence-corrected chi connectivity index (χ4v) is 3.78. The zero-order valence-electron chi connectivity index (χ0n) is 18.3. The van der Waals surface area contributed by atoms with E-state index in [0.717, 1.165) is 21.2 Å². The normalized spacial score (nSPS) is 12.3. The van der Waals surface area contributed by atoms with Crippen molar-refractivity contribution in [2.75, 3.05) is 0 Å². The lowest BCUT2D eigenvalue weighted by Crippen LogP contribution is -2.53. The fraction of sp³-hybridized carbons (Fsp3) is 0.192. The molecular weight excluding hydrogens is 500 g/mol. The molecule has 7 nitrogen and oxygen atoms in total. The van der Waals surface area contributed by atoms with Crippen LogP contribution in [0.2, 0.25) is 0 Å². The molecule has 0 radical (unpaired) electrons. The van der Waals surface area contributed by atoms with Crippen molar-refractivity contribution >= 4 is 33.9 Å². The number of benzene rings is 3. The van der Waals surface area contributed by atoms with Crippen LogP contribution in [-0.2, 0) is 33.8 Å². The molecule has 34 heavy (non-hydrogen) atoms. The van der Waals surface area contributed by atoms with E-state index >= 15 is 0 Å². The molecule has 3 aromatic rings. The standard InChI is InChI=1S/C26H25BrN2O5/c27-21-13-7-12-20(14-21)16-23(25(31)32)28-24(30)22(15-18-8-3-1-4-9-18)29-26(33)34-17-19-10-5-2-6-11-19/h1-14,22-23H,15-17H2,(H,28,30)(H,29,33)(H,31,32)/t22-,23+/m0/s1. The lowest BCUT2D eigenvalue weighted by atomic mass is 10.0. The van der Waals surface area contributed by atoms with E-state index in [4.69, 9.17) is 4.74 Å². The van der Waals surface area contributed by atoms with E-state index < -0.39 is 30.1 Å². The molecule has 3 rings (SSSR count). The highest BCUT2D eigenvalue weighted by Crippen LogP contribution is 2.14. The van der Waals surface area contributed by atoms with Crippen molar-refractivity contribution < 1.29 is 24.2 Å². The Kier molecular flexibility index (Phi) is 9.22. The molecule has 0 aliphatic carbocycles. The topological polar surface area (TPSA) is 105 Å². The number of carbonyl (C=O) groups is 3. The Bertz CT molecular complexity index is 1110. The van der Waals surface area contributed by atoms with Gasteiger partial charge >= 0.3 is 12.1 Å². The summed E-state index contributed by atoms with van der Waals surface area (Å²) >= 11 is 3.36. The minimum atomic E-state index is -1.17. The van der Waals surface area contributed by atoms with Gasteiger partial charge in [-0.3, -0.25) is 4.79 Å². The first kappa shape index (κ1) is 25.0. The Balaban J connectivity index is 1.69. The highest BCUT2D eigenvalue weighted by atomic mass is 79.9. The quantitative estimate of drug-likeness (QED) is 0.370. The smallest absolute Gasteiger partial charge is 0.408 e. The zero-order valence-corrected chi connectivity index (χ0v) is 19.9.